The molecule has 1 unspecified atom stereocenters. The minimum Gasteiger partial charge on any atom is -0.350 e. The van der Waals surface area contributed by atoms with Gasteiger partial charge in [-0.15, -0.1) is 0 Å². The molecule has 0 spiro atoms. The van der Waals surface area contributed by atoms with Crippen LogP contribution in [0.1, 0.15) is 25.5 Å². The van der Waals surface area contributed by atoms with E-state index in [-0.39, 0.29) is 11.8 Å². The highest BCUT2D eigenvalue weighted by atomic mass is 16.1. The van der Waals surface area contributed by atoms with Crippen LogP contribution in [0.3, 0.4) is 0 Å². The second-order valence-corrected chi connectivity index (χ2v) is 3.94. The summed E-state index contributed by atoms with van der Waals surface area (Å²) in [6, 6.07) is 1.89. The highest BCUT2D eigenvalue weighted by molar-refractivity contribution is 5.76. The first-order chi connectivity index (χ1) is 7.67. The summed E-state index contributed by atoms with van der Waals surface area (Å²) in [4.78, 5) is 11.6. The van der Waals surface area contributed by atoms with Gasteiger partial charge < -0.3 is 11.1 Å². The summed E-state index contributed by atoms with van der Waals surface area (Å²) in [6.07, 6.45) is 3.16. The summed E-state index contributed by atoms with van der Waals surface area (Å²) in [6.45, 7) is 3.14. The number of nitrogens with one attached hydrogen (secondary N) is 1. The first kappa shape index (κ1) is 12.7. The van der Waals surface area contributed by atoms with Gasteiger partial charge in [-0.2, -0.15) is 5.10 Å². The molecule has 0 aromatic carbocycles. The number of aryl methyl sites for hydroxylation is 1. The second-order valence-electron chi connectivity index (χ2n) is 3.94. The topological polar surface area (TPSA) is 72.9 Å². The summed E-state index contributed by atoms with van der Waals surface area (Å²) >= 11 is 0. The van der Waals surface area contributed by atoms with Crippen molar-refractivity contribution in [3.8, 4) is 0 Å². The molecule has 0 bridgehead atoms. The van der Waals surface area contributed by atoms with E-state index >= 15 is 0 Å². The number of hydrogen-bond donors (Lipinski definition) is 2. The first-order valence-corrected chi connectivity index (χ1v) is 5.61. The van der Waals surface area contributed by atoms with Gasteiger partial charge in [-0.3, -0.25) is 9.48 Å². The zero-order valence-corrected chi connectivity index (χ0v) is 9.94. The van der Waals surface area contributed by atoms with E-state index in [2.05, 4.69) is 10.4 Å². The molecule has 5 nitrogen and oxygen atoms in total. The number of carbonyl (C=O) groups is 1. The second kappa shape index (κ2) is 6.27. The highest BCUT2D eigenvalue weighted by Gasteiger charge is 2.10. The van der Waals surface area contributed by atoms with Crippen molar-refractivity contribution in [1.29, 1.82) is 0 Å². The fourth-order valence-electron chi connectivity index (χ4n) is 1.49. The van der Waals surface area contributed by atoms with E-state index in [1.54, 1.807) is 10.9 Å². The number of nitrogens with two attached hydrogens (primary N) is 1. The zero-order chi connectivity index (χ0) is 12.0. The van der Waals surface area contributed by atoms with Crippen molar-refractivity contribution in [3.05, 3.63) is 18.0 Å². The fourth-order valence-corrected chi connectivity index (χ4v) is 1.49. The molecule has 16 heavy (non-hydrogen) atoms. The molecule has 0 aliphatic carbocycles. The molecule has 0 aliphatic rings. The Morgan fingerprint density at radius 3 is 2.94 bits per heavy atom. The lowest BCUT2D eigenvalue weighted by molar-refractivity contribution is -0.122. The maximum atomic E-state index is 11.6. The molecule has 0 fully saturated rings. The molecule has 5 heteroatoms. The van der Waals surface area contributed by atoms with Crippen LogP contribution in [0.25, 0.3) is 0 Å². The van der Waals surface area contributed by atoms with E-state index in [4.69, 9.17) is 5.73 Å². The van der Waals surface area contributed by atoms with E-state index in [1.807, 2.05) is 20.0 Å². The summed E-state index contributed by atoms with van der Waals surface area (Å²) < 4.78 is 1.75. The van der Waals surface area contributed by atoms with Crippen molar-refractivity contribution in [1.82, 2.24) is 15.1 Å². The van der Waals surface area contributed by atoms with Crippen molar-refractivity contribution >= 4 is 5.91 Å². The van der Waals surface area contributed by atoms with Gasteiger partial charge >= 0.3 is 0 Å². The van der Waals surface area contributed by atoms with Crippen LogP contribution in [0.4, 0.5) is 0 Å². The maximum absolute atomic E-state index is 11.6. The smallest absolute Gasteiger partial charge is 0.220 e. The molecule has 0 saturated heterocycles. The van der Waals surface area contributed by atoms with Gasteiger partial charge in [0.15, 0.2) is 0 Å². The lowest BCUT2D eigenvalue weighted by atomic mass is 10.0. The molecule has 0 aliphatic heterocycles. The monoisotopic (exact) mass is 224 g/mol. The highest BCUT2D eigenvalue weighted by Crippen LogP contribution is 2.05. The van der Waals surface area contributed by atoms with E-state index in [0.29, 0.717) is 19.5 Å². The SMILES string of the molecule is CCC(CN)CC(=O)NCc1ccnn1C. The predicted octanol–water partition coefficient (Wildman–Crippen LogP) is 0.411. The third kappa shape index (κ3) is 3.66. The number of aromatic nitrogens is 2. The van der Waals surface area contributed by atoms with Gasteiger partial charge in [-0.1, -0.05) is 13.3 Å². The third-order valence-corrected chi connectivity index (χ3v) is 2.77. The number of nitrogens with zero attached hydrogens (tertiary/aromatic N) is 2. The minimum absolute atomic E-state index is 0.0542. The summed E-state index contributed by atoms with van der Waals surface area (Å²) in [7, 11) is 1.86. The summed E-state index contributed by atoms with van der Waals surface area (Å²) in [5.74, 6) is 0.338. The predicted molar refractivity (Wildman–Crippen MR) is 62.5 cm³/mol. The third-order valence-electron chi connectivity index (χ3n) is 2.77. The van der Waals surface area contributed by atoms with Crippen molar-refractivity contribution in [2.45, 2.75) is 26.3 Å². The van der Waals surface area contributed by atoms with Gasteiger partial charge in [0, 0.05) is 19.7 Å². The Kier molecular flexibility index (Phi) is 4.98. The number of rotatable bonds is 6. The Hall–Kier alpha value is -1.36. The quantitative estimate of drug-likeness (QED) is 0.735. The van der Waals surface area contributed by atoms with Crippen LogP contribution in [0.15, 0.2) is 12.3 Å². The van der Waals surface area contributed by atoms with Crippen LogP contribution in [-0.4, -0.2) is 22.2 Å². The molecular weight excluding hydrogens is 204 g/mol. The maximum Gasteiger partial charge on any atom is 0.220 e. The Morgan fingerprint density at radius 2 is 2.44 bits per heavy atom. The molecule has 0 radical (unpaired) electrons. The Balaban J connectivity index is 2.33. The molecular formula is C11H20N4O. The minimum atomic E-state index is 0.0542. The van der Waals surface area contributed by atoms with Gasteiger partial charge in [0.25, 0.3) is 0 Å². The van der Waals surface area contributed by atoms with Crippen molar-refractivity contribution in [2.24, 2.45) is 18.7 Å². The molecule has 1 atom stereocenters. The van der Waals surface area contributed by atoms with Crippen molar-refractivity contribution < 1.29 is 4.79 Å². The first-order valence-electron chi connectivity index (χ1n) is 5.61. The van der Waals surface area contributed by atoms with Crippen LogP contribution in [0.5, 0.6) is 0 Å². The summed E-state index contributed by atoms with van der Waals surface area (Å²) in [5.41, 5.74) is 6.55. The van der Waals surface area contributed by atoms with Crippen molar-refractivity contribution in [3.63, 3.8) is 0 Å². The van der Waals surface area contributed by atoms with Gasteiger partial charge in [-0.05, 0) is 18.5 Å². The van der Waals surface area contributed by atoms with Crippen molar-refractivity contribution in [2.75, 3.05) is 6.54 Å². The Bertz CT molecular complexity index is 330. The standard InChI is InChI=1S/C11H20N4O/c1-3-9(7-12)6-11(16)13-8-10-4-5-14-15(10)2/h4-5,9H,3,6-8,12H2,1-2H3,(H,13,16). The summed E-state index contributed by atoms with van der Waals surface area (Å²) in [5, 5.41) is 6.90. The Labute approximate surface area is 96.0 Å². The fraction of sp³-hybridized carbons (Fsp3) is 0.636. The van der Waals surface area contributed by atoms with E-state index in [9.17, 15) is 4.79 Å². The van der Waals surface area contributed by atoms with Crippen LogP contribution >= 0.6 is 0 Å². The number of hydrogen-bond acceptors (Lipinski definition) is 3. The Morgan fingerprint density at radius 1 is 1.69 bits per heavy atom. The zero-order valence-electron chi connectivity index (χ0n) is 9.94. The number of carbonyl (C=O) groups excluding carboxylic acids is 1. The normalized spacial score (nSPS) is 12.4. The lowest BCUT2D eigenvalue weighted by Crippen LogP contribution is -2.28. The largest absolute Gasteiger partial charge is 0.350 e. The molecule has 0 saturated carbocycles. The average Bonchev–Trinajstić information content (AvgIpc) is 2.69. The van der Waals surface area contributed by atoms with E-state index in [1.165, 1.54) is 0 Å². The van der Waals surface area contributed by atoms with E-state index < -0.39 is 0 Å². The molecule has 3 N–H and O–H groups in total. The van der Waals surface area contributed by atoms with Crippen LogP contribution in [0.2, 0.25) is 0 Å². The molecule has 1 amide bonds. The lowest BCUT2D eigenvalue weighted by Gasteiger charge is -2.11. The number of amides is 1. The average molecular weight is 224 g/mol. The molecule has 1 rings (SSSR count). The van der Waals surface area contributed by atoms with Gasteiger partial charge in [0.2, 0.25) is 5.91 Å². The molecule has 1 heterocycles. The molecule has 1 aromatic rings. The molecule has 1 aromatic heterocycles. The van der Waals surface area contributed by atoms with Crippen LogP contribution in [-0.2, 0) is 18.4 Å². The van der Waals surface area contributed by atoms with Crippen LogP contribution in [0, 0.1) is 5.92 Å². The van der Waals surface area contributed by atoms with Crippen LogP contribution < -0.4 is 11.1 Å². The van der Waals surface area contributed by atoms with E-state index in [0.717, 1.165) is 12.1 Å². The van der Waals surface area contributed by atoms with Gasteiger partial charge in [0.05, 0.1) is 12.2 Å². The van der Waals surface area contributed by atoms with Gasteiger partial charge in [0.1, 0.15) is 0 Å². The molecule has 90 valence electrons. The van der Waals surface area contributed by atoms with Gasteiger partial charge in [-0.25, -0.2) is 0 Å².